The molecule has 1 aromatic heterocycles. The third kappa shape index (κ3) is 6.90. The third-order valence-electron chi connectivity index (χ3n) is 4.85. The van der Waals surface area contributed by atoms with Crippen LogP contribution in [0.1, 0.15) is 71.3 Å². The molecule has 0 amide bonds. The molecule has 0 saturated heterocycles. The van der Waals surface area contributed by atoms with Gasteiger partial charge in [-0.05, 0) is 57.1 Å². The minimum atomic E-state index is -0.399. The average Bonchev–Trinajstić information content (AvgIpc) is 2.96. The number of Topliss-reactive ketones (excluding diaryl/α,β-unsaturated/α-hetero) is 1. The summed E-state index contributed by atoms with van der Waals surface area (Å²) in [6, 6.07) is 10.7. The number of thiophene rings is 1. The molecule has 3 nitrogen and oxygen atoms in total. The standard InChI is InChI=1S/C24H32O3S/c1-6-27-23(26)16-24(4,5)15-22(25)21-14-20(28-18(21)3)9-7-8-19-12-10-17(2)11-13-19/h10-14H,6-9,15-16H2,1-5H3. The molecule has 4 heteroatoms. The first-order valence-corrected chi connectivity index (χ1v) is 10.9. The van der Waals surface area contributed by atoms with E-state index in [4.69, 9.17) is 4.74 Å². The predicted molar refractivity (Wildman–Crippen MR) is 116 cm³/mol. The molecule has 2 rings (SSSR count). The number of carbonyl (C=O) groups is 2. The minimum Gasteiger partial charge on any atom is -0.466 e. The fourth-order valence-corrected chi connectivity index (χ4v) is 4.46. The number of aryl methyl sites for hydroxylation is 4. The molecule has 152 valence electrons. The van der Waals surface area contributed by atoms with Crippen LogP contribution >= 0.6 is 11.3 Å². The fourth-order valence-electron chi connectivity index (χ4n) is 3.36. The Morgan fingerprint density at radius 1 is 1.04 bits per heavy atom. The smallest absolute Gasteiger partial charge is 0.306 e. The number of esters is 1. The van der Waals surface area contributed by atoms with Gasteiger partial charge >= 0.3 is 5.97 Å². The third-order valence-corrected chi connectivity index (χ3v) is 5.96. The molecule has 0 saturated carbocycles. The molecule has 0 atom stereocenters. The van der Waals surface area contributed by atoms with Crippen LogP contribution in [0, 0.1) is 19.3 Å². The molecule has 0 bridgehead atoms. The zero-order valence-corrected chi connectivity index (χ0v) is 18.6. The Morgan fingerprint density at radius 3 is 2.36 bits per heavy atom. The van der Waals surface area contributed by atoms with Crippen LogP contribution in [-0.4, -0.2) is 18.4 Å². The predicted octanol–water partition coefficient (Wildman–Crippen LogP) is 6.09. The molecular formula is C24H32O3S. The van der Waals surface area contributed by atoms with Crippen molar-refractivity contribution in [3.05, 3.63) is 56.8 Å². The lowest BCUT2D eigenvalue weighted by Gasteiger charge is -2.22. The molecule has 0 spiro atoms. The Labute approximate surface area is 173 Å². The zero-order chi connectivity index (χ0) is 20.7. The van der Waals surface area contributed by atoms with Crippen molar-refractivity contribution in [2.75, 3.05) is 6.61 Å². The van der Waals surface area contributed by atoms with E-state index in [2.05, 4.69) is 37.3 Å². The van der Waals surface area contributed by atoms with E-state index >= 15 is 0 Å². The Morgan fingerprint density at radius 2 is 1.71 bits per heavy atom. The summed E-state index contributed by atoms with van der Waals surface area (Å²) < 4.78 is 5.03. The van der Waals surface area contributed by atoms with Crippen LogP contribution in [0.4, 0.5) is 0 Å². The van der Waals surface area contributed by atoms with Crippen LogP contribution in [0.2, 0.25) is 0 Å². The monoisotopic (exact) mass is 400 g/mol. The lowest BCUT2D eigenvalue weighted by molar-refractivity contribution is -0.145. The van der Waals surface area contributed by atoms with Crippen molar-refractivity contribution >= 4 is 23.1 Å². The SMILES string of the molecule is CCOC(=O)CC(C)(C)CC(=O)c1cc(CCCc2ccc(C)cc2)sc1C. The van der Waals surface area contributed by atoms with Gasteiger partial charge in [0.25, 0.3) is 0 Å². The maximum atomic E-state index is 12.8. The molecule has 0 aliphatic carbocycles. The Bertz CT molecular complexity index is 800. The van der Waals surface area contributed by atoms with Crippen molar-refractivity contribution in [1.82, 2.24) is 0 Å². The van der Waals surface area contributed by atoms with Crippen LogP contribution < -0.4 is 0 Å². The molecule has 0 aliphatic rings. The normalized spacial score (nSPS) is 11.5. The van der Waals surface area contributed by atoms with Crippen molar-refractivity contribution in [1.29, 1.82) is 0 Å². The van der Waals surface area contributed by atoms with Crippen molar-refractivity contribution in [3.8, 4) is 0 Å². The molecule has 1 aromatic carbocycles. The largest absolute Gasteiger partial charge is 0.466 e. The van der Waals surface area contributed by atoms with E-state index in [1.807, 2.05) is 20.8 Å². The number of rotatable bonds is 10. The lowest BCUT2D eigenvalue weighted by Crippen LogP contribution is -2.22. The van der Waals surface area contributed by atoms with Crippen LogP contribution in [0.25, 0.3) is 0 Å². The minimum absolute atomic E-state index is 0.118. The first kappa shape index (κ1) is 22.4. The van der Waals surface area contributed by atoms with Gasteiger partial charge in [0.15, 0.2) is 5.78 Å². The summed E-state index contributed by atoms with van der Waals surface area (Å²) in [6.45, 7) is 10.2. The maximum Gasteiger partial charge on any atom is 0.306 e. The fraction of sp³-hybridized carbons (Fsp3) is 0.500. The van der Waals surface area contributed by atoms with Gasteiger partial charge in [-0.15, -0.1) is 11.3 Å². The number of ketones is 1. The second kappa shape index (κ2) is 10.0. The first-order chi connectivity index (χ1) is 13.2. The van der Waals surface area contributed by atoms with E-state index in [0.29, 0.717) is 13.0 Å². The number of hydrogen-bond donors (Lipinski definition) is 0. The highest BCUT2D eigenvalue weighted by molar-refractivity contribution is 7.12. The topological polar surface area (TPSA) is 43.4 Å². The van der Waals surface area contributed by atoms with Gasteiger partial charge in [0.05, 0.1) is 13.0 Å². The number of benzene rings is 1. The Balaban J connectivity index is 1.92. The van der Waals surface area contributed by atoms with Crippen molar-refractivity contribution in [2.24, 2.45) is 5.41 Å². The molecule has 2 aromatic rings. The van der Waals surface area contributed by atoms with Crippen LogP contribution in [0.5, 0.6) is 0 Å². The second-order valence-electron chi connectivity index (χ2n) is 8.27. The second-order valence-corrected chi connectivity index (χ2v) is 9.61. The number of hydrogen-bond acceptors (Lipinski definition) is 4. The van der Waals surface area contributed by atoms with Gasteiger partial charge in [0, 0.05) is 21.7 Å². The molecule has 0 radical (unpaired) electrons. The van der Waals surface area contributed by atoms with E-state index < -0.39 is 5.41 Å². The summed E-state index contributed by atoms with van der Waals surface area (Å²) in [5, 5.41) is 0. The molecule has 1 heterocycles. The highest BCUT2D eigenvalue weighted by Crippen LogP contribution is 2.31. The average molecular weight is 401 g/mol. The van der Waals surface area contributed by atoms with Gasteiger partial charge in [-0.2, -0.15) is 0 Å². The van der Waals surface area contributed by atoms with E-state index in [1.165, 1.54) is 16.0 Å². The number of carbonyl (C=O) groups excluding carboxylic acids is 2. The van der Waals surface area contributed by atoms with Gasteiger partial charge in [0.1, 0.15) is 0 Å². The van der Waals surface area contributed by atoms with Crippen LogP contribution in [0.3, 0.4) is 0 Å². The Kier molecular flexibility index (Phi) is 7.99. The van der Waals surface area contributed by atoms with E-state index in [0.717, 1.165) is 29.7 Å². The summed E-state index contributed by atoms with van der Waals surface area (Å²) in [5.41, 5.74) is 3.05. The van der Waals surface area contributed by atoms with Gasteiger partial charge in [-0.1, -0.05) is 43.7 Å². The Hall–Kier alpha value is -1.94. The molecule has 28 heavy (non-hydrogen) atoms. The lowest BCUT2D eigenvalue weighted by atomic mass is 9.82. The molecular weight excluding hydrogens is 368 g/mol. The summed E-state index contributed by atoms with van der Waals surface area (Å²) in [4.78, 5) is 26.9. The van der Waals surface area contributed by atoms with Gasteiger partial charge in [-0.25, -0.2) is 0 Å². The maximum absolute atomic E-state index is 12.8. The molecule has 0 fully saturated rings. The van der Waals surface area contributed by atoms with Crippen molar-refractivity contribution in [3.63, 3.8) is 0 Å². The molecule has 0 unspecified atom stereocenters. The van der Waals surface area contributed by atoms with E-state index in [-0.39, 0.29) is 18.2 Å². The molecule has 0 aliphatic heterocycles. The zero-order valence-electron chi connectivity index (χ0n) is 17.8. The van der Waals surface area contributed by atoms with E-state index in [9.17, 15) is 9.59 Å². The summed E-state index contributed by atoms with van der Waals surface area (Å²) in [5.74, 6) is -0.119. The molecule has 0 N–H and O–H groups in total. The first-order valence-electron chi connectivity index (χ1n) is 10.0. The summed E-state index contributed by atoms with van der Waals surface area (Å²) in [7, 11) is 0. The van der Waals surface area contributed by atoms with Crippen molar-refractivity contribution in [2.45, 2.75) is 66.7 Å². The van der Waals surface area contributed by atoms with Crippen LogP contribution in [-0.2, 0) is 22.4 Å². The number of ether oxygens (including phenoxy) is 1. The van der Waals surface area contributed by atoms with Gasteiger partial charge in [0.2, 0.25) is 0 Å². The van der Waals surface area contributed by atoms with E-state index in [1.54, 1.807) is 18.3 Å². The van der Waals surface area contributed by atoms with Gasteiger partial charge < -0.3 is 4.74 Å². The summed E-state index contributed by atoms with van der Waals surface area (Å²) >= 11 is 1.72. The van der Waals surface area contributed by atoms with Crippen LogP contribution in [0.15, 0.2) is 30.3 Å². The van der Waals surface area contributed by atoms with Crippen molar-refractivity contribution < 1.29 is 14.3 Å². The summed E-state index contributed by atoms with van der Waals surface area (Å²) in [6.07, 6.45) is 3.72. The highest BCUT2D eigenvalue weighted by atomic mass is 32.1. The van der Waals surface area contributed by atoms with Gasteiger partial charge in [-0.3, -0.25) is 9.59 Å². The highest BCUT2D eigenvalue weighted by Gasteiger charge is 2.27. The quantitative estimate of drug-likeness (QED) is 0.358.